The summed E-state index contributed by atoms with van der Waals surface area (Å²) in [6.45, 7) is 1.92. The molecule has 1 N–H and O–H groups in total. The van der Waals surface area contributed by atoms with E-state index in [2.05, 4.69) is 5.32 Å². The van der Waals surface area contributed by atoms with Crippen molar-refractivity contribution in [2.24, 2.45) is 5.92 Å². The molecule has 18 heavy (non-hydrogen) atoms. The number of hydrogen-bond acceptors (Lipinski definition) is 2. The van der Waals surface area contributed by atoms with Gasteiger partial charge in [0.2, 0.25) is 11.8 Å². The van der Waals surface area contributed by atoms with Gasteiger partial charge in [0.05, 0.1) is 10.0 Å². The molecule has 0 radical (unpaired) electrons. The molecular formula is C13H13Cl2NO2. The molecule has 2 amide bonds. The van der Waals surface area contributed by atoms with Crippen LogP contribution in [0.15, 0.2) is 18.2 Å². The zero-order chi connectivity index (χ0) is 13.3. The number of piperidine rings is 1. The van der Waals surface area contributed by atoms with Crippen molar-refractivity contribution in [2.45, 2.75) is 25.7 Å². The Kier molecular flexibility index (Phi) is 3.93. The predicted molar refractivity (Wildman–Crippen MR) is 70.8 cm³/mol. The molecule has 1 aromatic rings. The average molecular weight is 286 g/mol. The number of benzene rings is 1. The highest BCUT2D eigenvalue weighted by atomic mass is 35.5. The van der Waals surface area contributed by atoms with Crippen LogP contribution in [0.1, 0.15) is 31.2 Å². The molecule has 2 atom stereocenters. The lowest BCUT2D eigenvalue weighted by Gasteiger charge is -2.30. The zero-order valence-electron chi connectivity index (χ0n) is 9.87. The smallest absolute Gasteiger partial charge is 0.230 e. The maximum atomic E-state index is 11.8. The molecule has 96 valence electrons. The van der Waals surface area contributed by atoms with E-state index in [-0.39, 0.29) is 30.1 Å². The number of hydrogen-bond donors (Lipinski definition) is 1. The highest BCUT2D eigenvalue weighted by molar-refractivity contribution is 6.42. The molecule has 5 heteroatoms. The first kappa shape index (κ1) is 13.4. The molecule has 1 fully saturated rings. The van der Waals surface area contributed by atoms with Crippen LogP contribution in [-0.2, 0) is 9.59 Å². The largest absolute Gasteiger partial charge is 0.296 e. The Bertz CT molecular complexity index is 502. The molecule has 3 nitrogen and oxygen atoms in total. The summed E-state index contributed by atoms with van der Waals surface area (Å²) >= 11 is 12.1. The molecule has 2 rings (SSSR count). The van der Waals surface area contributed by atoms with E-state index in [0.717, 1.165) is 5.56 Å². The van der Waals surface area contributed by atoms with E-state index in [4.69, 9.17) is 23.2 Å². The van der Waals surface area contributed by atoms with Crippen molar-refractivity contribution < 1.29 is 9.59 Å². The summed E-state index contributed by atoms with van der Waals surface area (Å²) in [5.41, 5.74) is 0.777. The lowest BCUT2D eigenvalue weighted by Crippen LogP contribution is -2.44. The van der Waals surface area contributed by atoms with E-state index < -0.39 is 0 Å². The van der Waals surface area contributed by atoms with Crippen LogP contribution in [0.4, 0.5) is 0 Å². The Morgan fingerprint density at radius 2 is 2.06 bits per heavy atom. The van der Waals surface area contributed by atoms with Gasteiger partial charge in [0.1, 0.15) is 0 Å². The number of imide groups is 1. The summed E-state index contributed by atoms with van der Waals surface area (Å²) < 4.78 is 0. The Balaban J connectivity index is 2.43. The van der Waals surface area contributed by atoms with Crippen LogP contribution in [0, 0.1) is 5.92 Å². The van der Waals surface area contributed by atoms with Crippen molar-refractivity contribution in [1.82, 2.24) is 5.32 Å². The fraction of sp³-hybridized carbons (Fsp3) is 0.385. The lowest BCUT2D eigenvalue weighted by atomic mass is 9.79. The van der Waals surface area contributed by atoms with E-state index in [1.807, 2.05) is 13.0 Å². The van der Waals surface area contributed by atoms with Gasteiger partial charge in [-0.3, -0.25) is 14.9 Å². The van der Waals surface area contributed by atoms with Gasteiger partial charge in [-0.2, -0.15) is 0 Å². The van der Waals surface area contributed by atoms with Crippen molar-refractivity contribution in [3.8, 4) is 0 Å². The second-order valence-corrected chi connectivity index (χ2v) is 5.17. The number of carbonyl (C=O) groups is 2. The van der Waals surface area contributed by atoms with Gasteiger partial charge in [-0.1, -0.05) is 42.3 Å². The molecule has 0 bridgehead atoms. The summed E-state index contributed by atoms with van der Waals surface area (Å²) in [7, 11) is 0. The minimum absolute atomic E-state index is 0.192. The SMILES string of the molecule is CCC1C(=O)NC(=O)CC1c1cccc(Cl)c1Cl. The molecule has 0 aromatic heterocycles. The standard InChI is InChI=1S/C13H13Cl2NO2/c1-2-7-9(6-11(17)16-13(7)18)8-4-3-5-10(14)12(8)15/h3-5,7,9H,2,6H2,1H3,(H,16,17,18). The zero-order valence-corrected chi connectivity index (χ0v) is 11.4. The Labute approximate surface area is 115 Å². The molecule has 0 saturated carbocycles. The summed E-state index contributed by atoms with van der Waals surface area (Å²) in [6.07, 6.45) is 0.928. The third-order valence-electron chi connectivity index (χ3n) is 3.31. The fourth-order valence-electron chi connectivity index (χ4n) is 2.41. The van der Waals surface area contributed by atoms with E-state index >= 15 is 0 Å². The molecule has 1 aromatic carbocycles. The maximum absolute atomic E-state index is 11.8. The normalized spacial score (nSPS) is 23.9. The van der Waals surface area contributed by atoms with Crippen LogP contribution < -0.4 is 5.32 Å². The summed E-state index contributed by atoms with van der Waals surface area (Å²) in [6, 6.07) is 5.31. The minimum Gasteiger partial charge on any atom is -0.296 e. The van der Waals surface area contributed by atoms with Crippen molar-refractivity contribution in [2.75, 3.05) is 0 Å². The maximum Gasteiger partial charge on any atom is 0.230 e. The number of carbonyl (C=O) groups excluding carboxylic acids is 2. The molecule has 1 aliphatic heterocycles. The van der Waals surface area contributed by atoms with Crippen LogP contribution in [0.25, 0.3) is 0 Å². The van der Waals surface area contributed by atoms with Crippen LogP contribution in [-0.4, -0.2) is 11.8 Å². The van der Waals surface area contributed by atoms with Crippen molar-refractivity contribution in [1.29, 1.82) is 0 Å². The average Bonchev–Trinajstić information content (AvgIpc) is 2.32. The number of nitrogens with one attached hydrogen (secondary N) is 1. The topological polar surface area (TPSA) is 46.2 Å². The van der Waals surface area contributed by atoms with Gasteiger partial charge >= 0.3 is 0 Å². The first-order chi connectivity index (χ1) is 8.54. The number of halogens is 2. The number of amides is 2. The molecule has 1 aliphatic rings. The van der Waals surface area contributed by atoms with E-state index in [9.17, 15) is 9.59 Å². The van der Waals surface area contributed by atoms with E-state index in [0.29, 0.717) is 16.5 Å². The van der Waals surface area contributed by atoms with Crippen LogP contribution in [0.3, 0.4) is 0 Å². The summed E-state index contributed by atoms with van der Waals surface area (Å²) in [5.74, 6) is -0.915. The van der Waals surface area contributed by atoms with Gasteiger partial charge in [0.15, 0.2) is 0 Å². The fourth-order valence-corrected chi connectivity index (χ4v) is 2.86. The summed E-state index contributed by atoms with van der Waals surface area (Å²) in [5, 5.41) is 3.24. The Hall–Kier alpha value is -1.06. The molecule has 1 heterocycles. The van der Waals surface area contributed by atoms with E-state index in [1.165, 1.54) is 0 Å². The molecule has 0 spiro atoms. The van der Waals surface area contributed by atoms with Gasteiger partial charge in [0, 0.05) is 18.3 Å². The van der Waals surface area contributed by atoms with Crippen molar-refractivity contribution in [3.05, 3.63) is 33.8 Å². The second-order valence-electron chi connectivity index (χ2n) is 4.38. The third kappa shape index (κ3) is 2.38. The van der Waals surface area contributed by atoms with Gasteiger partial charge in [-0.15, -0.1) is 0 Å². The highest BCUT2D eigenvalue weighted by Crippen LogP contribution is 2.39. The van der Waals surface area contributed by atoms with Gasteiger partial charge in [-0.25, -0.2) is 0 Å². The third-order valence-corrected chi connectivity index (χ3v) is 4.14. The highest BCUT2D eigenvalue weighted by Gasteiger charge is 2.36. The minimum atomic E-state index is -0.259. The van der Waals surface area contributed by atoms with Crippen molar-refractivity contribution >= 4 is 35.0 Å². The monoisotopic (exact) mass is 285 g/mol. The van der Waals surface area contributed by atoms with Crippen LogP contribution in [0.5, 0.6) is 0 Å². The van der Waals surface area contributed by atoms with Crippen molar-refractivity contribution in [3.63, 3.8) is 0 Å². The molecule has 0 aliphatic carbocycles. The second kappa shape index (κ2) is 5.29. The molecule has 2 unspecified atom stereocenters. The van der Waals surface area contributed by atoms with Gasteiger partial charge < -0.3 is 0 Å². The molecule has 1 saturated heterocycles. The van der Waals surface area contributed by atoms with E-state index in [1.54, 1.807) is 12.1 Å². The molecular weight excluding hydrogens is 273 g/mol. The number of rotatable bonds is 2. The first-order valence-corrected chi connectivity index (χ1v) is 6.57. The van der Waals surface area contributed by atoms with Gasteiger partial charge in [-0.05, 0) is 18.1 Å². The summed E-state index contributed by atoms with van der Waals surface area (Å²) in [4.78, 5) is 23.3. The predicted octanol–water partition coefficient (Wildman–Crippen LogP) is 3.15. The Morgan fingerprint density at radius 1 is 1.33 bits per heavy atom. The van der Waals surface area contributed by atoms with Crippen LogP contribution >= 0.6 is 23.2 Å². The lowest BCUT2D eigenvalue weighted by molar-refractivity contribution is -0.137. The Morgan fingerprint density at radius 3 is 2.72 bits per heavy atom. The van der Waals surface area contributed by atoms with Crippen LogP contribution in [0.2, 0.25) is 10.0 Å². The quantitative estimate of drug-likeness (QED) is 0.849. The van der Waals surface area contributed by atoms with Gasteiger partial charge in [0.25, 0.3) is 0 Å². The first-order valence-electron chi connectivity index (χ1n) is 5.82.